The Hall–Kier alpha value is -3.92. The van der Waals surface area contributed by atoms with E-state index in [1.807, 2.05) is 6.07 Å². The number of para-hydroxylation sites is 1. The number of aromatic nitrogens is 1. The van der Waals surface area contributed by atoms with Crippen molar-refractivity contribution in [1.29, 1.82) is 5.26 Å². The number of nitrogens with two attached hydrogens (primary N) is 1. The van der Waals surface area contributed by atoms with Crippen molar-refractivity contribution in [3.8, 4) is 11.8 Å². The van der Waals surface area contributed by atoms with Gasteiger partial charge in [0.05, 0.1) is 24.0 Å². The van der Waals surface area contributed by atoms with E-state index in [0.29, 0.717) is 5.56 Å². The highest BCUT2D eigenvalue weighted by molar-refractivity contribution is 6.11. The van der Waals surface area contributed by atoms with Gasteiger partial charge in [0.25, 0.3) is 0 Å². The second-order valence-corrected chi connectivity index (χ2v) is 5.61. The monoisotopic (exact) mass is 363 g/mol. The summed E-state index contributed by atoms with van der Waals surface area (Å²) in [6.45, 7) is 0. The highest BCUT2D eigenvalue weighted by Crippen LogP contribution is 2.29. The van der Waals surface area contributed by atoms with E-state index in [-0.39, 0.29) is 28.2 Å². The van der Waals surface area contributed by atoms with E-state index in [4.69, 9.17) is 10.5 Å². The predicted molar refractivity (Wildman–Crippen MR) is 96.1 cm³/mol. The van der Waals surface area contributed by atoms with Crippen LogP contribution in [0, 0.1) is 17.1 Å². The van der Waals surface area contributed by atoms with Gasteiger partial charge in [-0.05, 0) is 12.1 Å². The van der Waals surface area contributed by atoms with Crippen LogP contribution in [0.1, 0.15) is 32.0 Å². The first-order chi connectivity index (χ1) is 13.0. The number of esters is 1. The topological polar surface area (TPSA) is 98.1 Å². The van der Waals surface area contributed by atoms with Crippen LogP contribution in [0.15, 0.2) is 54.7 Å². The normalized spacial score (nSPS) is 10.3. The summed E-state index contributed by atoms with van der Waals surface area (Å²) >= 11 is 0. The van der Waals surface area contributed by atoms with Crippen molar-refractivity contribution in [3.63, 3.8) is 0 Å². The number of hydrogen-bond acceptors (Lipinski definition) is 5. The standard InChI is InChI=1S/C20H14FN3O3/c1-27-20(26)18-16(23)13(10-22)11-24(18)17-14(8-5-9-15(17)21)19(25)12-6-3-2-4-7-12/h2-9,11H,23H2,1H3. The van der Waals surface area contributed by atoms with Crippen molar-refractivity contribution >= 4 is 17.4 Å². The van der Waals surface area contributed by atoms with Crippen molar-refractivity contribution < 1.29 is 18.7 Å². The summed E-state index contributed by atoms with van der Waals surface area (Å²) in [7, 11) is 1.14. The van der Waals surface area contributed by atoms with Crippen LogP contribution in [-0.2, 0) is 4.74 Å². The number of benzene rings is 2. The Bertz CT molecular complexity index is 1080. The fraction of sp³-hybridized carbons (Fsp3) is 0.0500. The van der Waals surface area contributed by atoms with E-state index in [9.17, 15) is 19.2 Å². The van der Waals surface area contributed by atoms with Crippen molar-refractivity contribution in [2.75, 3.05) is 12.8 Å². The van der Waals surface area contributed by atoms with Crippen molar-refractivity contribution in [1.82, 2.24) is 4.57 Å². The number of carbonyl (C=O) groups is 2. The molecule has 0 aliphatic heterocycles. The molecule has 6 nitrogen and oxygen atoms in total. The first kappa shape index (κ1) is 17.9. The minimum Gasteiger partial charge on any atom is -0.464 e. The lowest BCUT2D eigenvalue weighted by Gasteiger charge is -2.14. The van der Waals surface area contributed by atoms with Gasteiger partial charge in [0.15, 0.2) is 11.5 Å². The van der Waals surface area contributed by atoms with Crippen molar-refractivity contribution in [2.24, 2.45) is 0 Å². The maximum Gasteiger partial charge on any atom is 0.357 e. The molecule has 3 aromatic rings. The summed E-state index contributed by atoms with van der Waals surface area (Å²) in [5.74, 6) is -2.04. The third kappa shape index (κ3) is 3.04. The maximum atomic E-state index is 14.8. The maximum absolute atomic E-state index is 14.8. The predicted octanol–water partition coefficient (Wildman–Crippen LogP) is 3.09. The van der Waals surface area contributed by atoms with E-state index in [1.54, 1.807) is 30.3 Å². The zero-order valence-corrected chi connectivity index (χ0v) is 14.3. The molecule has 1 aromatic heterocycles. The number of nitriles is 1. The van der Waals surface area contributed by atoms with Crippen LogP contribution in [0.25, 0.3) is 5.69 Å². The zero-order valence-electron chi connectivity index (χ0n) is 14.3. The van der Waals surface area contributed by atoms with Gasteiger partial charge in [0.1, 0.15) is 11.9 Å². The molecular weight excluding hydrogens is 349 g/mol. The summed E-state index contributed by atoms with van der Waals surface area (Å²) < 4.78 is 20.5. The van der Waals surface area contributed by atoms with Gasteiger partial charge in [-0.25, -0.2) is 9.18 Å². The molecule has 134 valence electrons. The molecule has 0 aliphatic carbocycles. The molecule has 3 rings (SSSR count). The van der Waals surface area contributed by atoms with Gasteiger partial charge in [-0.15, -0.1) is 0 Å². The molecule has 2 N–H and O–H groups in total. The van der Waals surface area contributed by atoms with Gasteiger partial charge >= 0.3 is 5.97 Å². The molecule has 0 aliphatic rings. The van der Waals surface area contributed by atoms with E-state index in [1.165, 1.54) is 18.3 Å². The molecule has 0 amide bonds. The molecule has 0 bridgehead atoms. The number of ketones is 1. The summed E-state index contributed by atoms with van der Waals surface area (Å²) in [5, 5.41) is 9.23. The Morgan fingerprint density at radius 1 is 1.15 bits per heavy atom. The Balaban J connectivity index is 2.30. The smallest absolute Gasteiger partial charge is 0.357 e. The molecule has 0 spiro atoms. The lowest BCUT2D eigenvalue weighted by atomic mass is 10.0. The first-order valence-corrected chi connectivity index (χ1v) is 7.87. The van der Waals surface area contributed by atoms with Crippen molar-refractivity contribution in [2.45, 2.75) is 0 Å². The number of hydrogen-bond donors (Lipinski definition) is 1. The largest absolute Gasteiger partial charge is 0.464 e. The highest BCUT2D eigenvalue weighted by atomic mass is 19.1. The molecule has 1 heterocycles. The van der Waals surface area contributed by atoms with Gasteiger partial charge in [0.2, 0.25) is 0 Å². The molecular formula is C20H14FN3O3. The second-order valence-electron chi connectivity index (χ2n) is 5.61. The van der Waals surface area contributed by atoms with E-state index in [0.717, 1.165) is 17.7 Å². The molecule has 0 unspecified atom stereocenters. The first-order valence-electron chi connectivity index (χ1n) is 7.87. The van der Waals surface area contributed by atoms with Crippen LogP contribution in [0.5, 0.6) is 0 Å². The van der Waals surface area contributed by atoms with E-state index >= 15 is 0 Å². The molecule has 0 radical (unpaired) electrons. The Morgan fingerprint density at radius 2 is 1.85 bits per heavy atom. The number of carbonyl (C=O) groups excluding carboxylic acids is 2. The van der Waals surface area contributed by atoms with Gasteiger partial charge in [-0.1, -0.05) is 36.4 Å². The number of ether oxygens (including phenoxy) is 1. The lowest BCUT2D eigenvalue weighted by molar-refractivity contribution is 0.0592. The molecule has 0 atom stereocenters. The van der Waals surface area contributed by atoms with Crippen LogP contribution < -0.4 is 5.73 Å². The van der Waals surface area contributed by atoms with Gasteiger partial charge < -0.3 is 15.0 Å². The number of halogens is 1. The minimum atomic E-state index is -0.852. The molecule has 27 heavy (non-hydrogen) atoms. The average Bonchev–Trinajstić information content (AvgIpc) is 3.03. The molecule has 2 aromatic carbocycles. The minimum absolute atomic E-state index is 0.0193. The fourth-order valence-corrected chi connectivity index (χ4v) is 2.78. The number of rotatable bonds is 4. The van der Waals surface area contributed by atoms with Gasteiger partial charge in [-0.2, -0.15) is 5.26 Å². The van der Waals surface area contributed by atoms with Crippen LogP contribution in [0.3, 0.4) is 0 Å². The summed E-state index contributed by atoms with van der Waals surface area (Å²) in [5.41, 5.74) is 5.66. The average molecular weight is 363 g/mol. The van der Waals surface area contributed by atoms with Crippen LogP contribution >= 0.6 is 0 Å². The molecule has 0 saturated heterocycles. The van der Waals surface area contributed by atoms with Gasteiger partial charge in [0, 0.05) is 17.3 Å². The fourth-order valence-electron chi connectivity index (χ4n) is 2.78. The summed E-state index contributed by atoms with van der Waals surface area (Å²) in [6, 6.07) is 14.2. The number of anilines is 1. The quantitative estimate of drug-likeness (QED) is 0.567. The number of nitrogens with zero attached hydrogens (tertiary/aromatic N) is 2. The highest BCUT2D eigenvalue weighted by Gasteiger charge is 2.26. The van der Waals surface area contributed by atoms with E-state index < -0.39 is 17.6 Å². The number of methoxy groups -OCH3 is 1. The summed E-state index contributed by atoms with van der Waals surface area (Å²) in [4.78, 5) is 25.1. The lowest BCUT2D eigenvalue weighted by Crippen LogP contribution is -2.15. The summed E-state index contributed by atoms with van der Waals surface area (Å²) in [6.07, 6.45) is 1.21. The Labute approximate surface area is 154 Å². The van der Waals surface area contributed by atoms with E-state index in [2.05, 4.69) is 0 Å². The number of nitrogen functional groups attached to an aromatic ring is 1. The Kier molecular flexibility index (Phi) is 4.73. The molecule has 7 heteroatoms. The Morgan fingerprint density at radius 3 is 2.48 bits per heavy atom. The van der Waals surface area contributed by atoms with Crippen molar-refractivity contribution in [3.05, 3.63) is 82.9 Å². The second kappa shape index (κ2) is 7.14. The third-order valence-corrected chi connectivity index (χ3v) is 4.05. The molecule has 0 fully saturated rings. The third-order valence-electron chi connectivity index (χ3n) is 4.05. The molecule has 0 saturated carbocycles. The van der Waals surface area contributed by atoms with Gasteiger partial charge in [-0.3, -0.25) is 4.79 Å². The SMILES string of the molecule is COC(=O)c1c(N)c(C#N)cn1-c1c(F)cccc1C(=O)c1ccccc1. The zero-order chi connectivity index (χ0) is 19.6. The van der Waals surface area contributed by atoms with Crippen LogP contribution in [0.2, 0.25) is 0 Å². The van der Waals surface area contributed by atoms with Crippen LogP contribution in [0.4, 0.5) is 10.1 Å². The van der Waals surface area contributed by atoms with Crippen LogP contribution in [-0.4, -0.2) is 23.4 Å².